The van der Waals surface area contributed by atoms with Gasteiger partial charge in [-0.3, -0.25) is 14.5 Å². The minimum Gasteiger partial charge on any atom is -0.457 e. The van der Waals surface area contributed by atoms with Gasteiger partial charge in [0.2, 0.25) is 5.91 Å². The third kappa shape index (κ3) is 5.23. The second-order valence-corrected chi connectivity index (χ2v) is 10.8. The van der Waals surface area contributed by atoms with Crippen LogP contribution in [0.5, 0.6) is 11.5 Å². The average Bonchev–Trinajstić information content (AvgIpc) is 3.34. The molecule has 1 fully saturated rings. The van der Waals surface area contributed by atoms with E-state index in [1.807, 2.05) is 104 Å². The molecule has 0 saturated carbocycles. The van der Waals surface area contributed by atoms with Gasteiger partial charge in [0.25, 0.3) is 5.91 Å². The van der Waals surface area contributed by atoms with E-state index < -0.39 is 12.1 Å². The van der Waals surface area contributed by atoms with Gasteiger partial charge in [0.15, 0.2) is 0 Å². The highest BCUT2D eigenvalue weighted by Gasteiger charge is 2.48. The fraction of sp³-hybridized carbons (Fsp3) is 0.303. The third-order valence-corrected chi connectivity index (χ3v) is 8.21. The Balaban J connectivity index is 1.35. The number of rotatable bonds is 7. The summed E-state index contributed by atoms with van der Waals surface area (Å²) in [5.41, 5.74) is 2.61. The zero-order valence-electron chi connectivity index (χ0n) is 23.9. The smallest absolute Gasteiger partial charge is 0.322 e. The molecular weight excluding hydrogens is 530 g/mol. The molecule has 3 aliphatic rings. The van der Waals surface area contributed by atoms with Crippen molar-refractivity contribution in [1.82, 2.24) is 24.9 Å². The predicted molar refractivity (Wildman–Crippen MR) is 159 cm³/mol. The van der Waals surface area contributed by atoms with Crippen LogP contribution >= 0.6 is 0 Å². The Hall–Kier alpha value is -4.63. The lowest BCUT2D eigenvalue weighted by Crippen LogP contribution is -2.51. The lowest BCUT2D eigenvalue weighted by Gasteiger charge is -2.37. The van der Waals surface area contributed by atoms with Gasteiger partial charge in [0.05, 0.1) is 23.9 Å². The zero-order chi connectivity index (χ0) is 29.2. The van der Waals surface area contributed by atoms with Crippen molar-refractivity contribution in [2.45, 2.75) is 19.0 Å². The number of likely N-dealkylation sites (N-methyl/N-ethyl adjacent to an activating group) is 2. The van der Waals surface area contributed by atoms with E-state index in [-0.39, 0.29) is 24.4 Å². The van der Waals surface area contributed by atoms with Crippen molar-refractivity contribution < 1.29 is 19.1 Å². The minimum absolute atomic E-state index is 0.0976. The Morgan fingerprint density at radius 1 is 0.905 bits per heavy atom. The standard InChI is InChI=1S/C33H35N5O4/c1-3-37-27-22-38(30(23-11-6-4-7-12-23)32(40)36-19-17-35(2)18-20-36)31(39)28(27)29(34-33(37)41)24-13-10-16-26(21-24)42-25-14-8-5-9-15-25/h4-16,21,29-30H,3,17-20,22H2,1-2H3,(H,34,41)/t29-,30+/m0/s1. The summed E-state index contributed by atoms with van der Waals surface area (Å²) in [5, 5.41) is 3.05. The average molecular weight is 566 g/mol. The Labute approximate surface area is 245 Å². The van der Waals surface area contributed by atoms with Crippen molar-refractivity contribution >= 4 is 17.8 Å². The number of ether oxygens (including phenoxy) is 1. The van der Waals surface area contributed by atoms with E-state index in [1.54, 1.807) is 9.80 Å². The first-order valence-electron chi connectivity index (χ1n) is 14.4. The molecule has 0 unspecified atom stereocenters. The van der Waals surface area contributed by atoms with Crippen LogP contribution in [0, 0.1) is 0 Å². The zero-order valence-corrected chi connectivity index (χ0v) is 23.9. The molecule has 1 N–H and O–H groups in total. The maximum absolute atomic E-state index is 14.4. The van der Waals surface area contributed by atoms with Crippen molar-refractivity contribution in [3.63, 3.8) is 0 Å². The molecule has 2 atom stereocenters. The van der Waals surface area contributed by atoms with E-state index in [9.17, 15) is 14.4 Å². The molecule has 0 aliphatic carbocycles. The molecule has 1 saturated heterocycles. The minimum atomic E-state index is -0.796. The van der Waals surface area contributed by atoms with E-state index in [4.69, 9.17) is 4.74 Å². The van der Waals surface area contributed by atoms with E-state index in [0.717, 1.165) is 24.2 Å². The molecule has 42 heavy (non-hydrogen) atoms. The second kappa shape index (κ2) is 11.7. The summed E-state index contributed by atoms with van der Waals surface area (Å²) in [4.78, 5) is 49.1. The number of hydrogen-bond acceptors (Lipinski definition) is 5. The predicted octanol–water partition coefficient (Wildman–Crippen LogP) is 4.18. The number of urea groups is 1. The van der Waals surface area contributed by atoms with Crippen LogP contribution in [-0.2, 0) is 9.59 Å². The molecule has 3 aromatic carbocycles. The second-order valence-electron chi connectivity index (χ2n) is 10.8. The summed E-state index contributed by atoms with van der Waals surface area (Å²) in [5.74, 6) is 0.942. The van der Waals surface area contributed by atoms with Gasteiger partial charge in [0, 0.05) is 32.7 Å². The lowest BCUT2D eigenvalue weighted by atomic mass is 9.95. The fourth-order valence-corrected chi connectivity index (χ4v) is 5.98. The fourth-order valence-electron chi connectivity index (χ4n) is 5.98. The quantitative estimate of drug-likeness (QED) is 0.465. The summed E-state index contributed by atoms with van der Waals surface area (Å²) in [6.07, 6.45) is 0. The molecule has 3 aliphatic heterocycles. The van der Waals surface area contributed by atoms with Crippen LogP contribution in [0.4, 0.5) is 4.79 Å². The van der Waals surface area contributed by atoms with E-state index in [1.165, 1.54) is 0 Å². The van der Waals surface area contributed by atoms with Crippen LogP contribution in [0.25, 0.3) is 0 Å². The van der Waals surface area contributed by atoms with Crippen LogP contribution in [0.1, 0.15) is 30.1 Å². The van der Waals surface area contributed by atoms with E-state index in [2.05, 4.69) is 10.2 Å². The van der Waals surface area contributed by atoms with Gasteiger partial charge in [-0.1, -0.05) is 60.7 Å². The number of amides is 4. The summed E-state index contributed by atoms with van der Waals surface area (Å²) < 4.78 is 6.05. The lowest BCUT2D eigenvalue weighted by molar-refractivity contribution is -0.144. The van der Waals surface area contributed by atoms with Gasteiger partial charge in [-0.25, -0.2) is 4.79 Å². The number of benzene rings is 3. The number of nitrogens with zero attached hydrogens (tertiary/aromatic N) is 4. The molecule has 3 aromatic rings. The van der Waals surface area contributed by atoms with Gasteiger partial charge in [-0.2, -0.15) is 0 Å². The Bertz CT molecular complexity index is 1500. The monoisotopic (exact) mass is 565 g/mol. The maximum atomic E-state index is 14.4. The number of hydrogen-bond donors (Lipinski definition) is 1. The molecule has 216 valence electrons. The Morgan fingerprint density at radius 3 is 2.26 bits per heavy atom. The Morgan fingerprint density at radius 2 is 1.57 bits per heavy atom. The molecular formula is C33H35N5O4. The van der Waals surface area contributed by atoms with Crippen LogP contribution in [0.3, 0.4) is 0 Å². The van der Waals surface area contributed by atoms with Crippen molar-refractivity contribution in [2.75, 3.05) is 46.3 Å². The first kappa shape index (κ1) is 27.5. The van der Waals surface area contributed by atoms with Gasteiger partial charge in [-0.05, 0) is 49.4 Å². The highest BCUT2D eigenvalue weighted by Crippen LogP contribution is 2.41. The normalized spacial score (nSPS) is 20.0. The van der Waals surface area contributed by atoms with Crippen LogP contribution in [0.2, 0.25) is 0 Å². The molecule has 4 amide bonds. The molecule has 0 aromatic heterocycles. The molecule has 0 radical (unpaired) electrons. The number of piperazine rings is 1. The van der Waals surface area contributed by atoms with Crippen molar-refractivity contribution in [2.24, 2.45) is 0 Å². The molecule has 3 heterocycles. The summed E-state index contributed by atoms with van der Waals surface area (Å²) in [7, 11) is 2.04. The molecule has 9 nitrogen and oxygen atoms in total. The first-order chi connectivity index (χ1) is 20.4. The third-order valence-electron chi connectivity index (χ3n) is 8.21. The van der Waals surface area contributed by atoms with E-state index >= 15 is 0 Å². The number of carbonyl (C=O) groups excluding carboxylic acids is 3. The van der Waals surface area contributed by atoms with Gasteiger partial charge >= 0.3 is 6.03 Å². The van der Waals surface area contributed by atoms with Crippen molar-refractivity contribution in [3.8, 4) is 11.5 Å². The molecule has 6 rings (SSSR count). The van der Waals surface area contributed by atoms with Crippen LogP contribution in [0.15, 0.2) is 96.2 Å². The van der Waals surface area contributed by atoms with E-state index in [0.29, 0.717) is 42.4 Å². The number of carbonyl (C=O) groups is 3. The van der Waals surface area contributed by atoms with Crippen LogP contribution < -0.4 is 10.1 Å². The number of nitrogens with one attached hydrogen (secondary N) is 1. The molecule has 0 bridgehead atoms. The van der Waals surface area contributed by atoms with Gasteiger partial charge in [-0.15, -0.1) is 0 Å². The van der Waals surface area contributed by atoms with Crippen molar-refractivity contribution in [3.05, 3.63) is 107 Å². The SMILES string of the molecule is CCN1C(=O)N[C@@H](c2cccc(Oc3ccccc3)c2)C2=C1CN([C@@H](C(=O)N1CCN(C)CC1)c1ccccc1)C2=O. The first-order valence-corrected chi connectivity index (χ1v) is 14.4. The largest absolute Gasteiger partial charge is 0.457 e. The molecule has 0 spiro atoms. The summed E-state index contributed by atoms with van der Waals surface area (Å²) >= 11 is 0. The number of para-hydroxylation sites is 1. The summed E-state index contributed by atoms with van der Waals surface area (Å²) in [6, 6.07) is 24.6. The topological polar surface area (TPSA) is 85.4 Å². The van der Waals surface area contributed by atoms with Gasteiger partial charge in [0.1, 0.15) is 17.5 Å². The highest BCUT2D eigenvalue weighted by atomic mass is 16.5. The van der Waals surface area contributed by atoms with Crippen molar-refractivity contribution in [1.29, 1.82) is 0 Å². The highest BCUT2D eigenvalue weighted by molar-refractivity contribution is 6.04. The van der Waals surface area contributed by atoms with Crippen LogP contribution in [-0.4, -0.2) is 83.8 Å². The Kier molecular flexibility index (Phi) is 7.67. The molecule has 9 heteroatoms. The maximum Gasteiger partial charge on any atom is 0.322 e. The van der Waals surface area contributed by atoms with Gasteiger partial charge < -0.3 is 24.8 Å². The summed E-state index contributed by atoms with van der Waals surface area (Å²) in [6.45, 7) is 5.22.